The normalized spacial score (nSPS) is 17.3. The molecule has 2 fully saturated rings. The Balaban J connectivity index is 0.696. The van der Waals surface area contributed by atoms with E-state index in [0.29, 0.717) is 60.3 Å². The number of rotatable bonds is 21. The highest BCUT2D eigenvalue weighted by molar-refractivity contribution is 7.90. The van der Waals surface area contributed by atoms with Gasteiger partial charge in [0.15, 0.2) is 0 Å². The SMILES string of the molecule is CC1(C)CCC(CN2CCN(c3ccc(C(=O)NS(=O)(=O)c4ccc(NCc5cn(CCCCCNc6cccc7c6CN(C6CCC(=O)NC6=O)C7=O)nn5)c([N+](=O)[O-])c4)c(Oc4cnc5[nH]ccc5c4)c3)CC2)=C(c2ccc(Cl)cc2)C1. The van der Waals surface area contributed by atoms with E-state index in [-0.39, 0.29) is 53.7 Å². The number of hydrogen-bond donors (Lipinski definition) is 5. The van der Waals surface area contributed by atoms with Crippen molar-refractivity contribution in [2.75, 3.05) is 54.8 Å². The molecule has 11 rings (SSSR count). The number of nitro groups is 1. The molecule has 0 spiro atoms. The fraction of sp³-hybridized carbons (Fsp3) is 0.350. The van der Waals surface area contributed by atoms with Crippen molar-refractivity contribution in [2.24, 2.45) is 5.41 Å². The van der Waals surface area contributed by atoms with Crippen LogP contribution in [0.25, 0.3) is 16.6 Å². The van der Waals surface area contributed by atoms with Crippen molar-refractivity contribution in [2.45, 2.75) is 95.8 Å². The number of allylic oxidation sites excluding steroid dienone is 1. The Morgan fingerprint density at radius 3 is 2.55 bits per heavy atom. The number of nitrogens with one attached hydrogen (secondary N) is 5. The molecular weight excluding hydrogens is 1110 g/mol. The summed E-state index contributed by atoms with van der Waals surface area (Å²) in [5, 5.41) is 31.1. The van der Waals surface area contributed by atoms with E-state index in [1.54, 1.807) is 47.4 Å². The van der Waals surface area contributed by atoms with Crippen LogP contribution in [0.1, 0.15) is 103 Å². The van der Waals surface area contributed by atoms with Gasteiger partial charge in [0.2, 0.25) is 11.8 Å². The van der Waals surface area contributed by atoms with E-state index in [2.05, 4.69) is 76.7 Å². The molecule has 0 bridgehead atoms. The number of nitro benzene ring substituents is 1. The molecule has 2 saturated heterocycles. The van der Waals surface area contributed by atoms with Crippen LogP contribution in [0.2, 0.25) is 5.02 Å². The van der Waals surface area contributed by atoms with Crippen LogP contribution in [0.3, 0.4) is 0 Å². The first-order chi connectivity index (χ1) is 40.4. The molecule has 1 unspecified atom stereocenters. The van der Waals surface area contributed by atoms with E-state index in [0.717, 1.165) is 86.6 Å². The number of pyridine rings is 1. The number of ether oxygens (including phenoxy) is 1. The third-order valence-corrected chi connectivity index (χ3v) is 17.6. The van der Waals surface area contributed by atoms with Crippen LogP contribution in [0.5, 0.6) is 11.5 Å². The molecule has 4 aromatic carbocycles. The van der Waals surface area contributed by atoms with Gasteiger partial charge in [0.1, 0.15) is 34.6 Å². The van der Waals surface area contributed by atoms with Gasteiger partial charge in [-0.2, -0.15) is 0 Å². The Labute approximate surface area is 490 Å². The zero-order valence-electron chi connectivity index (χ0n) is 46.5. The van der Waals surface area contributed by atoms with Crippen molar-refractivity contribution in [1.29, 1.82) is 0 Å². The number of carbonyl (C=O) groups excluding carboxylic acids is 4. The number of piperidine rings is 1. The number of fused-ring (bicyclic) bond motifs is 2. The summed E-state index contributed by atoms with van der Waals surface area (Å²) in [7, 11) is -4.67. The van der Waals surface area contributed by atoms with Gasteiger partial charge in [-0.25, -0.2) is 18.1 Å². The molecule has 0 saturated carbocycles. The number of H-pyrrole nitrogens is 1. The number of unbranched alkanes of at least 4 members (excludes halogenated alkanes) is 2. The maximum absolute atomic E-state index is 14.1. The minimum atomic E-state index is -4.67. The van der Waals surface area contributed by atoms with Gasteiger partial charge in [0.25, 0.3) is 27.5 Å². The Morgan fingerprint density at radius 2 is 1.75 bits per heavy atom. The lowest BCUT2D eigenvalue weighted by molar-refractivity contribution is -0.384. The van der Waals surface area contributed by atoms with Crippen LogP contribution in [0.4, 0.5) is 22.7 Å². The van der Waals surface area contributed by atoms with Crippen molar-refractivity contribution >= 4 is 84.6 Å². The Bertz CT molecular complexity index is 3840. The number of piperazine rings is 1. The highest BCUT2D eigenvalue weighted by Gasteiger charge is 2.40. The predicted octanol–water partition coefficient (Wildman–Crippen LogP) is 9.07. The highest BCUT2D eigenvalue weighted by Crippen LogP contribution is 2.44. The average molecular weight is 1180 g/mol. The smallest absolute Gasteiger partial charge is 0.293 e. The molecule has 7 aromatic rings. The van der Waals surface area contributed by atoms with Gasteiger partial charge in [0, 0.05) is 110 Å². The fourth-order valence-corrected chi connectivity index (χ4v) is 12.6. The van der Waals surface area contributed by atoms with Gasteiger partial charge >= 0.3 is 0 Å². The molecule has 0 radical (unpaired) electrons. The molecule has 4 aliphatic rings. The zero-order valence-corrected chi connectivity index (χ0v) is 48.1. The second-order valence-electron chi connectivity index (χ2n) is 22.5. The van der Waals surface area contributed by atoms with E-state index >= 15 is 0 Å². The number of aromatic nitrogens is 5. The molecule has 4 amide bonds. The number of carbonyl (C=O) groups is 4. The van der Waals surface area contributed by atoms with Gasteiger partial charge in [0.05, 0.1) is 34.3 Å². The predicted molar refractivity (Wildman–Crippen MR) is 317 cm³/mol. The largest absolute Gasteiger partial charge is 0.455 e. The maximum atomic E-state index is 14.1. The molecule has 24 heteroatoms. The molecule has 3 aliphatic heterocycles. The van der Waals surface area contributed by atoms with Crippen molar-refractivity contribution in [3.8, 4) is 11.5 Å². The second kappa shape index (κ2) is 24.3. The molecule has 3 aromatic heterocycles. The van der Waals surface area contributed by atoms with Crippen molar-refractivity contribution in [1.82, 2.24) is 44.8 Å². The van der Waals surface area contributed by atoms with Gasteiger partial charge in [-0.15, -0.1) is 5.10 Å². The van der Waals surface area contributed by atoms with Crippen LogP contribution >= 0.6 is 11.6 Å². The first kappa shape index (κ1) is 57.2. The topological polar surface area (TPSA) is 272 Å². The molecular formula is C60H64ClN13O9S. The number of imide groups is 1. The van der Waals surface area contributed by atoms with Crippen LogP contribution < -0.4 is 30.3 Å². The third-order valence-electron chi connectivity index (χ3n) is 16.1. The fourth-order valence-electron chi connectivity index (χ4n) is 11.5. The van der Waals surface area contributed by atoms with Crippen molar-refractivity contribution in [3.05, 3.63) is 158 Å². The van der Waals surface area contributed by atoms with E-state index in [4.69, 9.17) is 16.3 Å². The number of aromatic amines is 1. The monoisotopic (exact) mass is 1180 g/mol. The molecule has 1 aliphatic carbocycles. The number of hydrogen-bond acceptors (Lipinski definition) is 16. The average Bonchev–Trinajstić information content (AvgIpc) is 2.79. The van der Waals surface area contributed by atoms with Crippen LogP contribution in [0.15, 0.2) is 120 Å². The van der Waals surface area contributed by atoms with Crippen LogP contribution in [-0.2, 0) is 39.2 Å². The second-order valence-corrected chi connectivity index (χ2v) is 24.6. The number of halogens is 1. The molecule has 5 N–H and O–H groups in total. The Kier molecular flexibility index (Phi) is 16.5. The van der Waals surface area contributed by atoms with Crippen molar-refractivity contribution < 1.29 is 37.3 Å². The maximum Gasteiger partial charge on any atom is 0.293 e. The first-order valence-electron chi connectivity index (χ1n) is 28.1. The summed E-state index contributed by atoms with van der Waals surface area (Å²) in [5.74, 6) is -1.60. The van der Waals surface area contributed by atoms with Gasteiger partial charge in [-0.3, -0.25) is 44.2 Å². The molecule has 6 heterocycles. The van der Waals surface area contributed by atoms with Gasteiger partial charge in [-0.05, 0) is 122 Å². The quantitative estimate of drug-likeness (QED) is 0.0194. The van der Waals surface area contributed by atoms with E-state index in [1.807, 2.05) is 24.3 Å². The minimum Gasteiger partial charge on any atom is -0.455 e. The molecule has 436 valence electrons. The number of aryl methyl sites for hydroxylation is 1. The van der Waals surface area contributed by atoms with Crippen LogP contribution in [0, 0.1) is 15.5 Å². The summed E-state index contributed by atoms with van der Waals surface area (Å²) in [5.41, 5.74) is 7.76. The summed E-state index contributed by atoms with van der Waals surface area (Å²) in [6, 6.07) is 24.8. The zero-order chi connectivity index (χ0) is 58.7. The highest BCUT2D eigenvalue weighted by atomic mass is 35.5. The number of sulfonamides is 1. The van der Waals surface area contributed by atoms with Crippen molar-refractivity contribution in [3.63, 3.8) is 0 Å². The van der Waals surface area contributed by atoms with Gasteiger partial charge in [-0.1, -0.05) is 54.4 Å². The molecule has 1 atom stereocenters. The Hall–Kier alpha value is -8.67. The summed E-state index contributed by atoms with van der Waals surface area (Å²) in [6.07, 6.45) is 11.0. The lowest BCUT2D eigenvalue weighted by atomic mass is 9.72. The third kappa shape index (κ3) is 12.9. The van der Waals surface area contributed by atoms with Crippen LogP contribution in [-0.4, -0.2) is 117 Å². The van der Waals surface area contributed by atoms with Gasteiger partial charge < -0.3 is 30.2 Å². The number of benzene rings is 4. The number of nitrogens with zero attached hydrogens (tertiary/aromatic N) is 8. The lowest BCUT2D eigenvalue weighted by Crippen LogP contribution is -2.52. The minimum absolute atomic E-state index is 0.0299. The summed E-state index contributed by atoms with van der Waals surface area (Å²) >= 11 is 6.27. The van der Waals surface area contributed by atoms with E-state index in [1.165, 1.54) is 46.0 Å². The standard InChI is InChI=1S/C60H64ClN13O9S/c1-60(2)21-19-40(48(32-60)38-9-11-41(61)12-10-38)35-70-25-27-71(28-26-70)43-13-15-47(54(30-43)83-44-29-39-20-23-63-56(39)65-34-44)57(76)68-84(81,82)45-14-16-51(53(31-45)74(79)80)64-33-42-36-72(69-67-42)24-5-3-4-22-62-50-8-6-7-46-49(50)37-73(59(46)78)52-17-18-55(75)66-58(52)77/h6-16,20,23,29-31,34,36,52,62,64H,3-5,17-19,21-22,24-28,32-33,35,37H2,1-2H3,(H,63,65)(H,68,76)(H,66,75,77). The molecule has 84 heavy (non-hydrogen) atoms. The van der Waals surface area contributed by atoms with E-state index in [9.17, 15) is 37.7 Å². The summed E-state index contributed by atoms with van der Waals surface area (Å²) < 4.78 is 38.0. The first-order valence-corrected chi connectivity index (χ1v) is 30.0. The summed E-state index contributed by atoms with van der Waals surface area (Å²) in [4.78, 5) is 76.4. The number of anilines is 3. The lowest BCUT2D eigenvalue weighted by Gasteiger charge is -2.39. The Morgan fingerprint density at radius 1 is 0.929 bits per heavy atom. The summed E-state index contributed by atoms with van der Waals surface area (Å²) in [6.45, 7) is 10.00. The molecule has 22 nitrogen and oxygen atoms in total. The van der Waals surface area contributed by atoms with E-state index < -0.39 is 43.4 Å². The number of amides is 4.